The maximum atomic E-state index is 13.7. The van der Waals surface area contributed by atoms with Crippen molar-refractivity contribution in [2.75, 3.05) is 0 Å². The number of hydrogen-bond donors (Lipinski definition) is 2. The molecule has 2 saturated carbocycles. The Bertz CT molecular complexity index is 619. The van der Waals surface area contributed by atoms with Crippen LogP contribution in [0.25, 0.3) is 0 Å². The Morgan fingerprint density at radius 3 is 2.64 bits per heavy atom. The topological polar surface area (TPSA) is 66.4 Å². The SMILES string of the molecule is O=C(N[C@H]1CCC[C@H]1C(=O)O)C1CC1c1ccc(F)cc1F. The van der Waals surface area contributed by atoms with E-state index in [0.717, 1.165) is 12.5 Å². The molecule has 1 aromatic rings. The summed E-state index contributed by atoms with van der Waals surface area (Å²) in [6.45, 7) is 0. The van der Waals surface area contributed by atoms with E-state index in [9.17, 15) is 18.4 Å². The summed E-state index contributed by atoms with van der Waals surface area (Å²) in [5.74, 6) is -3.53. The lowest BCUT2D eigenvalue weighted by molar-refractivity contribution is -0.142. The molecule has 22 heavy (non-hydrogen) atoms. The lowest BCUT2D eigenvalue weighted by Crippen LogP contribution is -2.41. The Morgan fingerprint density at radius 2 is 1.95 bits per heavy atom. The van der Waals surface area contributed by atoms with Crippen LogP contribution in [0, 0.1) is 23.5 Å². The second kappa shape index (κ2) is 5.66. The molecule has 2 aliphatic rings. The molecule has 1 aromatic carbocycles. The van der Waals surface area contributed by atoms with Crippen LogP contribution in [0.5, 0.6) is 0 Å². The summed E-state index contributed by atoms with van der Waals surface area (Å²) in [6, 6.07) is 3.03. The van der Waals surface area contributed by atoms with Crippen molar-refractivity contribution in [3.8, 4) is 0 Å². The maximum absolute atomic E-state index is 13.7. The van der Waals surface area contributed by atoms with Gasteiger partial charge in [-0.25, -0.2) is 8.78 Å². The van der Waals surface area contributed by atoms with E-state index >= 15 is 0 Å². The molecule has 6 heteroatoms. The van der Waals surface area contributed by atoms with Crippen LogP contribution in [-0.4, -0.2) is 23.0 Å². The van der Waals surface area contributed by atoms with E-state index in [2.05, 4.69) is 5.32 Å². The highest BCUT2D eigenvalue weighted by Crippen LogP contribution is 2.48. The normalized spacial score (nSPS) is 30.1. The Morgan fingerprint density at radius 1 is 1.18 bits per heavy atom. The highest BCUT2D eigenvalue weighted by Gasteiger charge is 2.46. The number of nitrogens with one attached hydrogen (secondary N) is 1. The third-order valence-electron chi connectivity index (χ3n) is 4.65. The van der Waals surface area contributed by atoms with E-state index in [1.165, 1.54) is 12.1 Å². The van der Waals surface area contributed by atoms with Crippen molar-refractivity contribution in [2.24, 2.45) is 11.8 Å². The molecule has 4 atom stereocenters. The minimum absolute atomic E-state index is 0.230. The average molecular weight is 309 g/mol. The first-order valence-electron chi connectivity index (χ1n) is 7.45. The minimum Gasteiger partial charge on any atom is -0.481 e. The van der Waals surface area contributed by atoms with E-state index in [-0.39, 0.29) is 23.8 Å². The first kappa shape index (κ1) is 14.9. The van der Waals surface area contributed by atoms with Crippen LogP contribution in [0.3, 0.4) is 0 Å². The van der Waals surface area contributed by atoms with Gasteiger partial charge in [-0.3, -0.25) is 9.59 Å². The fraction of sp³-hybridized carbons (Fsp3) is 0.500. The van der Waals surface area contributed by atoms with Crippen LogP contribution >= 0.6 is 0 Å². The van der Waals surface area contributed by atoms with Gasteiger partial charge in [0.25, 0.3) is 0 Å². The zero-order valence-corrected chi connectivity index (χ0v) is 11.9. The molecular formula is C16H17F2NO3. The fourth-order valence-corrected chi connectivity index (χ4v) is 3.35. The minimum atomic E-state index is -0.889. The zero-order valence-electron chi connectivity index (χ0n) is 11.9. The summed E-state index contributed by atoms with van der Waals surface area (Å²) in [5, 5.41) is 11.9. The number of aliphatic carboxylic acids is 1. The molecule has 4 nitrogen and oxygen atoms in total. The molecule has 3 rings (SSSR count). The van der Waals surface area contributed by atoms with Gasteiger partial charge < -0.3 is 10.4 Å². The van der Waals surface area contributed by atoms with Gasteiger partial charge in [0.15, 0.2) is 0 Å². The van der Waals surface area contributed by atoms with Gasteiger partial charge in [-0.1, -0.05) is 12.5 Å². The van der Waals surface area contributed by atoms with Gasteiger partial charge >= 0.3 is 5.97 Å². The molecule has 0 heterocycles. The molecular weight excluding hydrogens is 292 g/mol. The lowest BCUT2D eigenvalue weighted by atomic mass is 10.0. The molecule has 0 bridgehead atoms. The van der Waals surface area contributed by atoms with Crippen molar-refractivity contribution in [2.45, 2.75) is 37.6 Å². The summed E-state index contributed by atoms with van der Waals surface area (Å²) in [4.78, 5) is 23.3. The summed E-state index contributed by atoms with van der Waals surface area (Å²) in [5.41, 5.74) is 0.350. The molecule has 0 spiro atoms. The molecule has 0 aromatic heterocycles. The third kappa shape index (κ3) is 2.82. The summed E-state index contributed by atoms with van der Waals surface area (Å²) in [6.07, 6.45) is 2.52. The van der Waals surface area contributed by atoms with Crippen LogP contribution < -0.4 is 5.32 Å². The number of carbonyl (C=O) groups excluding carboxylic acids is 1. The molecule has 2 unspecified atom stereocenters. The number of rotatable bonds is 4. The standard InChI is InChI=1S/C16H17F2NO3/c17-8-4-5-9(13(18)6-8)11-7-12(11)15(20)19-14-3-1-2-10(14)16(21)22/h4-6,10-12,14H,1-3,7H2,(H,19,20)(H,21,22)/t10-,11?,12?,14+/m1/s1. The van der Waals surface area contributed by atoms with Crippen molar-refractivity contribution in [1.82, 2.24) is 5.32 Å². The van der Waals surface area contributed by atoms with Crippen molar-refractivity contribution in [3.05, 3.63) is 35.4 Å². The molecule has 0 saturated heterocycles. The van der Waals surface area contributed by atoms with Crippen LogP contribution in [0.2, 0.25) is 0 Å². The van der Waals surface area contributed by atoms with Crippen molar-refractivity contribution >= 4 is 11.9 Å². The number of carboxylic acids is 1. The number of carbonyl (C=O) groups is 2. The van der Waals surface area contributed by atoms with Gasteiger partial charge in [-0.15, -0.1) is 0 Å². The van der Waals surface area contributed by atoms with Crippen molar-refractivity contribution in [3.63, 3.8) is 0 Å². The lowest BCUT2D eigenvalue weighted by Gasteiger charge is -2.17. The Labute approximate surface area is 126 Å². The number of halogens is 2. The Hall–Kier alpha value is -1.98. The van der Waals surface area contributed by atoms with E-state index in [1.54, 1.807) is 0 Å². The second-order valence-electron chi connectivity index (χ2n) is 6.11. The fourth-order valence-electron chi connectivity index (χ4n) is 3.35. The van der Waals surface area contributed by atoms with Gasteiger partial charge in [0.05, 0.1) is 5.92 Å². The van der Waals surface area contributed by atoms with Crippen LogP contribution in [-0.2, 0) is 9.59 Å². The highest BCUT2D eigenvalue weighted by atomic mass is 19.1. The Kier molecular flexibility index (Phi) is 3.85. The molecule has 1 amide bonds. The molecule has 0 radical (unpaired) electrons. The summed E-state index contributed by atoms with van der Waals surface area (Å²) >= 11 is 0. The predicted octanol–water partition coefficient (Wildman–Crippen LogP) is 2.44. The van der Waals surface area contributed by atoms with Crippen LogP contribution in [0.1, 0.15) is 37.2 Å². The Balaban J connectivity index is 1.62. The average Bonchev–Trinajstić information content (AvgIpc) is 3.10. The van der Waals surface area contributed by atoms with Gasteiger partial charge in [0.1, 0.15) is 11.6 Å². The van der Waals surface area contributed by atoms with Crippen LogP contribution in [0.15, 0.2) is 18.2 Å². The van der Waals surface area contributed by atoms with Crippen LogP contribution in [0.4, 0.5) is 8.78 Å². The second-order valence-corrected chi connectivity index (χ2v) is 6.11. The van der Waals surface area contributed by atoms with Crippen molar-refractivity contribution < 1.29 is 23.5 Å². The largest absolute Gasteiger partial charge is 0.481 e. The number of carboxylic acid groups (broad SMARTS) is 1. The number of benzene rings is 1. The molecule has 2 aliphatic carbocycles. The summed E-state index contributed by atoms with van der Waals surface area (Å²) < 4.78 is 26.6. The number of amides is 1. The third-order valence-corrected chi connectivity index (χ3v) is 4.65. The number of hydrogen-bond acceptors (Lipinski definition) is 2. The van der Waals surface area contributed by atoms with Gasteiger partial charge in [-0.2, -0.15) is 0 Å². The molecule has 2 N–H and O–H groups in total. The van der Waals surface area contributed by atoms with E-state index < -0.39 is 23.5 Å². The van der Waals surface area contributed by atoms with Gasteiger partial charge in [0, 0.05) is 18.0 Å². The quantitative estimate of drug-likeness (QED) is 0.898. The van der Waals surface area contributed by atoms with Crippen molar-refractivity contribution in [1.29, 1.82) is 0 Å². The molecule has 2 fully saturated rings. The summed E-state index contributed by atoms with van der Waals surface area (Å²) in [7, 11) is 0. The predicted molar refractivity (Wildman–Crippen MR) is 74.1 cm³/mol. The first-order chi connectivity index (χ1) is 10.5. The van der Waals surface area contributed by atoms with E-state index in [4.69, 9.17) is 5.11 Å². The first-order valence-corrected chi connectivity index (χ1v) is 7.45. The van der Waals surface area contributed by atoms with E-state index in [1.807, 2.05) is 0 Å². The van der Waals surface area contributed by atoms with E-state index in [0.29, 0.717) is 24.8 Å². The molecule has 0 aliphatic heterocycles. The zero-order chi connectivity index (χ0) is 15.9. The molecule has 118 valence electrons. The maximum Gasteiger partial charge on any atom is 0.308 e. The highest BCUT2D eigenvalue weighted by molar-refractivity contribution is 5.84. The van der Waals surface area contributed by atoms with Gasteiger partial charge in [-0.05, 0) is 36.8 Å². The smallest absolute Gasteiger partial charge is 0.308 e. The monoisotopic (exact) mass is 309 g/mol. The van der Waals surface area contributed by atoms with Gasteiger partial charge in [0.2, 0.25) is 5.91 Å².